The van der Waals surface area contributed by atoms with E-state index in [2.05, 4.69) is 5.32 Å². The van der Waals surface area contributed by atoms with E-state index in [1.54, 1.807) is 49.1 Å². The zero-order valence-corrected chi connectivity index (χ0v) is 19.8. The lowest BCUT2D eigenvalue weighted by Crippen LogP contribution is -2.53. The van der Waals surface area contributed by atoms with E-state index in [4.69, 9.17) is 21.1 Å². The maximum absolute atomic E-state index is 13.3. The van der Waals surface area contributed by atoms with Crippen molar-refractivity contribution in [1.82, 2.24) is 9.21 Å². The summed E-state index contributed by atoms with van der Waals surface area (Å²) in [4.78, 5) is 26.0. The van der Waals surface area contributed by atoms with Gasteiger partial charge in [0.2, 0.25) is 10.0 Å². The number of piperazine rings is 1. The van der Waals surface area contributed by atoms with Crippen LogP contribution in [0, 0.1) is 6.92 Å². The number of halogens is 1. The summed E-state index contributed by atoms with van der Waals surface area (Å²) in [7, 11) is -3.81. The van der Waals surface area contributed by atoms with Crippen LogP contribution in [0.1, 0.15) is 12.5 Å². The molecule has 1 N–H and O–H groups in total. The summed E-state index contributed by atoms with van der Waals surface area (Å²) in [5.74, 6) is 0.304. The molecule has 4 rings (SSSR count). The van der Waals surface area contributed by atoms with Crippen LogP contribution in [0.25, 0.3) is 0 Å². The standard InChI is InChI=1S/C22H24ClN3O6S/c1-14-10-18-19(31-13-21(27)24-18)12-20(14)33(29,30)26-8-6-25(7-9-26)22(28)15(2)32-17-5-3-4-16(23)11-17/h3-5,10-12,15H,6-9,13H2,1-2H3,(H,24,27). The highest BCUT2D eigenvalue weighted by Gasteiger charge is 2.34. The average molecular weight is 494 g/mol. The van der Waals surface area contributed by atoms with Crippen LogP contribution in [0.5, 0.6) is 11.5 Å². The number of nitrogens with one attached hydrogen (secondary N) is 1. The molecule has 2 aliphatic rings. The number of ether oxygens (including phenoxy) is 2. The molecular weight excluding hydrogens is 470 g/mol. The van der Waals surface area contributed by atoms with Gasteiger partial charge in [0.15, 0.2) is 12.7 Å². The van der Waals surface area contributed by atoms with Gasteiger partial charge in [-0.05, 0) is 43.7 Å². The Balaban J connectivity index is 1.42. The molecule has 0 aliphatic carbocycles. The predicted octanol–water partition coefficient (Wildman–Crippen LogP) is 2.28. The van der Waals surface area contributed by atoms with Gasteiger partial charge in [-0.1, -0.05) is 17.7 Å². The summed E-state index contributed by atoms with van der Waals surface area (Å²) in [6.07, 6.45) is -0.734. The molecule has 1 fully saturated rings. The smallest absolute Gasteiger partial charge is 0.263 e. The van der Waals surface area contributed by atoms with Crippen LogP contribution in [0.3, 0.4) is 0 Å². The van der Waals surface area contributed by atoms with Crippen LogP contribution >= 0.6 is 11.6 Å². The molecule has 2 amide bonds. The molecule has 0 radical (unpaired) electrons. The zero-order valence-electron chi connectivity index (χ0n) is 18.2. The summed E-state index contributed by atoms with van der Waals surface area (Å²) < 4.78 is 39.0. The van der Waals surface area contributed by atoms with Crippen LogP contribution < -0.4 is 14.8 Å². The van der Waals surface area contributed by atoms with Crippen molar-refractivity contribution in [1.29, 1.82) is 0 Å². The number of amides is 2. The first-order valence-corrected chi connectivity index (χ1v) is 12.3. The Morgan fingerprint density at radius 1 is 1.18 bits per heavy atom. The first-order chi connectivity index (χ1) is 15.6. The molecule has 0 aromatic heterocycles. The third kappa shape index (κ3) is 4.92. The number of aryl methyl sites for hydroxylation is 1. The van der Waals surface area contributed by atoms with Gasteiger partial charge in [-0.2, -0.15) is 4.31 Å². The molecule has 2 aliphatic heterocycles. The fraction of sp³-hybridized carbons (Fsp3) is 0.364. The van der Waals surface area contributed by atoms with Gasteiger partial charge in [0.1, 0.15) is 11.5 Å². The number of carbonyl (C=O) groups excluding carboxylic acids is 2. The van der Waals surface area contributed by atoms with E-state index in [0.717, 1.165) is 0 Å². The molecule has 176 valence electrons. The molecule has 11 heteroatoms. The van der Waals surface area contributed by atoms with E-state index in [-0.39, 0.29) is 49.5 Å². The minimum atomic E-state index is -3.81. The number of benzene rings is 2. The maximum atomic E-state index is 13.3. The van der Waals surface area contributed by atoms with E-state index in [0.29, 0.717) is 27.8 Å². The second-order valence-electron chi connectivity index (χ2n) is 7.90. The van der Waals surface area contributed by atoms with Crippen LogP contribution in [-0.4, -0.2) is 68.3 Å². The first kappa shape index (κ1) is 23.3. The van der Waals surface area contributed by atoms with Crippen molar-refractivity contribution in [3.8, 4) is 11.5 Å². The van der Waals surface area contributed by atoms with Crippen LogP contribution in [0.15, 0.2) is 41.3 Å². The van der Waals surface area contributed by atoms with Crippen LogP contribution in [0.2, 0.25) is 5.02 Å². The second-order valence-corrected chi connectivity index (χ2v) is 10.2. The Kier molecular flexibility index (Phi) is 6.51. The van der Waals surface area contributed by atoms with E-state index < -0.39 is 16.1 Å². The lowest BCUT2D eigenvalue weighted by atomic mass is 10.2. The molecule has 0 spiro atoms. The lowest BCUT2D eigenvalue weighted by Gasteiger charge is -2.35. The Morgan fingerprint density at radius 2 is 1.91 bits per heavy atom. The molecule has 0 bridgehead atoms. The fourth-order valence-electron chi connectivity index (χ4n) is 3.83. The number of hydrogen-bond acceptors (Lipinski definition) is 6. The Bertz CT molecular complexity index is 1190. The lowest BCUT2D eigenvalue weighted by molar-refractivity contribution is -0.139. The highest BCUT2D eigenvalue weighted by atomic mass is 35.5. The minimum absolute atomic E-state index is 0.120. The van der Waals surface area contributed by atoms with Crippen molar-refractivity contribution < 1.29 is 27.5 Å². The van der Waals surface area contributed by atoms with Gasteiger partial charge in [-0.3, -0.25) is 9.59 Å². The van der Waals surface area contributed by atoms with E-state index in [1.165, 1.54) is 10.4 Å². The molecule has 9 nitrogen and oxygen atoms in total. The first-order valence-electron chi connectivity index (χ1n) is 10.4. The SMILES string of the molecule is Cc1cc2c(cc1S(=O)(=O)N1CCN(C(=O)C(C)Oc3cccc(Cl)c3)CC1)OCC(=O)N2. The third-order valence-electron chi connectivity index (χ3n) is 5.53. The monoisotopic (exact) mass is 493 g/mol. The van der Waals surface area contributed by atoms with Gasteiger partial charge >= 0.3 is 0 Å². The number of rotatable bonds is 5. The Labute approximate surface area is 197 Å². The third-order valence-corrected chi connectivity index (χ3v) is 7.81. The number of hydrogen-bond donors (Lipinski definition) is 1. The van der Waals surface area contributed by atoms with Gasteiger partial charge in [0.25, 0.3) is 11.8 Å². The van der Waals surface area contributed by atoms with Gasteiger partial charge in [-0.15, -0.1) is 0 Å². The molecule has 1 unspecified atom stereocenters. The molecule has 2 aromatic carbocycles. The van der Waals surface area contributed by atoms with Crippen molar-refractivity contribution in [2.45, 2.75) is 24.8 Å². The van der Waals surface area contributed by atoms with Crippen LogP contribution in [0.4, 0.5) is 5.69 Å². The summed E-state index contributed by atoms with van der Waals surface area (Å²) >= 11 is 5.96. The number of fused-ring (bicyclic) bond motifs is 1. The van der Waals surface area contributed by atoms with Gasteiger partial charge in [0, 0.05) is 37.3 Å². The van der Waals surface area contributed by atoms with Crippen LogP contribution in [-0.2, 0) is 19.6 Å². The quantitative estimate of drug-likeness (QED) is 0.685. The molecular formula is C22H24ClN3O6S. The maximum Gasteiger partial charge on any atom is 0.263 e. The van der Waals surface area contributed by atoms with Crippen molar-refractivity contribution >= 4 is 39.1 Å². The zero-order chi connectivity index (χ0) is 23.8. The number of carbonyl (C=O) groups is 2. The van der Waals surface area contributed by atoms with E-state index >= 15 is 0 Å². The molecule has 1 atom stereocenters. The highest BCUT2D eigenvalue weighted by Crippen LogP contribution is 2.34. The number of nitrogens with zero attached hydrogens (tertiary/aromatic N) is 2. The molecule has 1 saturated heterocycles. The Morgan fingerprint density at radius 3 is 2.61 bits per heavy atom. The van der Waals surface area contributed by atoms with Gasteiger partial charge in [-0.25, -0.2) is 8.42 Å². The minimum Gasteiger partial charge on any atom is -0.482 e. The Hall–Kier alpha value is -2.82. The summed E-state index contributed by atoms with van der Waals surface area (Å²) in [5, 5.41) is 3.18. The molecule has 2 heterocycles. The summed E-state index contributed by atoms with van der Waals surface area (Å²) in [6.45, 7) is 3.98. The van der Waals surface area contributed by atoms with E-state index in [1.807, 2.05) is 0 Å². The predicted molar refractivity (Wildman–Crippen MR) is 122 cm³/mol. The van der Waals surface area contributed by atoms with Crippen molar-refractivity contribution in [3.05, 3.63) is 47.0 Å². The van der Waals surface area contributed by atoms with Gasteiger partial charge < -0.3 is 19.7 Å². The van der Waals surface area contributed by atoms with Gasteiger partial charge in [0.05, 0.1) is 10.6 Å². The molecule has 33 heavy (non-hydrogen) atoms. The van der Waals surface area contributed by atoms with E-state index in [9.17, 15) is 18.0 Å². The summed E-state index contributed by atoms with van der Waals surface area (Å²) in [5.41, 5.74) is 0.952. The summed E-state index contributed by atoms with van der Waals surface area (Å²) in [6, 6.07) is 9.83. The number of sulfonamides is 1. The van der Waals surface area contributed by atoms with Crippen molar-refractivity contribution in [3.63, 3.8) is 0 Å². The normalized spacial score (nSPS) is 17.5. The fourth-order valence-corrected chi connectivity index (χ4v) is 5.66. The average Bonchev–Trinajstić information content (AvgIpc) is 2.78. The second kappa shape index (κ2) is 9.20. The largest absolute Gasteiger partial charge is 0.482 e. The number of anilines is 1. The van der Waals surface area contributed by atoms with Crippen molar-refractivity contribution in [2.75, 3.05) is 38.1 Å². The van der Waals surface area contributed by atoms with Crippen molar-refractivity contribution in [2.24, 2.45) is 0 Å². The topological polar surface area (TPSA) is 105 Å². The highest BCUT2D eigenvalue weighted by molar-refractivity contribution is 7.89. The molecule has 0 saturated carbocycles. The molecule has 2 aromatic rings.